The first kappa shape index (κ1) is 19.3. The minimum atomic E-state index is -1.08. The van der Waals surface area contributed by atoms with Gasteiger partial charge in [-0.1, -0.05) is 30.3 Å². The molecular formula is C21H16F2N4O3. The molecule has 0 aliphatic heterocycles. The average Bonchev–Trinajstić information content (AvgIpc) is 3.16. The number of amides is 1. The summed E-state index contributed by atoms with van der Waals surface area (Å²) < 4.78 is 39.6. The van der Waals surface area contributed by atoms with Gasteiger partial charge < -0.3 is 14.8 Å². The van der Waals surface area contributed by atoms with Crippen LogP contribution in [-0.4, -0.2) is 28.2 Å². The summed E-state index contributed by atoms with van der Waals surface area (Å²) in [6.45, 7) is 0.0747. The number of halogens is 2. The number of aromatic amines is 1. The zero-order chi connectivity index (χ0) is 21.1. The van der Waals surface area contributed by atoms with E-state index in [4.69, 9.17) is 9.47 Å². The van der Waals surface area contributed by atoms with Gasteiger partial charge >= 0.3 is 0 Å². The van der Waals surface area contributed by atoms with E-state index in [2.05, 4.69) is 20.5 Å². The first-order valence-electron chi connectivity index (χ1n) is 8.91. The van der Waals surface area contributed by atoms with Crippen LogP contribution in [0.4, 0.5) is 14.5 Å². The van der Waals surface area contributed by atoms with Crippen LogP contribution in [0.1, 0.15) is 15.9 Å². The van der Waals surface area contributed by atoms with Crippen LogP contribution in [0.5, 0.6) is 11.6 Å². The highest BCUT2D eigenvalue weighted by Crippen LogP contribution is 2.27. The number of anilines is 1. The number of nitrogens with one attached hydrogen (secondary N) is 2. The van der Waals surface area contributed by atoms with Crippen molar-refractivity contribution in [2.45, 2.75) is 6.61 Å². The van der Waals surface area contributed by atoms with Crippen molar-refractivity contribution in [3.8, 4) is 11.6 Å². The van der Waals surface area contributed by atoms with Crippen LogP contribution in [0.25, 0.3) is 11.0 Å². The lowest BCUT2D eigenvalue weighted by molar-refractivity contribution is 0.101. The Morgan fingerprint density at radius 3 is 2.73 bits per heavy atom. The van der Waals surface area contributed by atoms with E-state index in [0.29, 0.717) is 11.0 Å². The average molecular weight is 410 g/mol. The van der Waals surface area contributed by atoms with Crippen molar-refractivity contribution in [2.24, 2.45) is 0 Å². The summed E-state index contributed by atoms with van der Waals surface area (Å²) in [5.41, 5.74) is 0.723. The third-order valence-corrected chi connectivity index (χ3v) is 4.35. The lowest BCUT2D eigenvalue weighted by Gasteiger charge is -2.12. The third kappa shape index (κ3) is 3.77. The van der Waals surface area contributed by atoms with E-state index in [1.54, 1.807) is 0 Å². The van der Waals surface area contributed by atoms with Gasteiger partial charge in [0.15, 0.2) is 17.2 Å². The second kappa shape index (κ2) is 8.16. The monoisotopic (exact) mass is 410 g/mol. The summed E-state index contributed by atoms with van der Waals surface area (Å²) in [6.07, 6.45) is 1.34. The first-order chi connectivity index (χ1) is 14.6. The number of ether oxygens (including phenoxy) is 2. The fourth-order valence-corrected chi connectivity index (χ4v) is 2.89. The SMILES string of the molecule is COc1n[nH]c2ncc(NC(=O)c3c(F)ccc(OCc4ccccc4)c3F)cc12. The smallest absolute Gasteiger partial charge is 0.261 e. The molecule has 4 aromatic rings. The number of benzene rings is 2. The van der Waals surface area contributed by atoms with E-state index in [0.717, 1.165) is 17.7 Å². The molecule has 9 heteroatoms. The van der Waals surface area contributed by atoms with Crippen molar-refractivity contribution in [3.05, 3.63) is 77.5 Å². The summed E-state index contributed by atoms with van der Waals surface area (Å²) in [7, 11) is 1.44. The molecule has 1 amide bonds. The maximum Gasteiger partial charge on any atom is 0.261 e. The molecule has 0 radical (unpaired) electrons. The highest BCUT2D eigenvalue weighted by atomic mass is 19.1. The lowest BCUT2D eigenvalue weighted by Crippen LogP contribution is -2.16. The van der Waals surface area contributed by atoms with E-state index in [1.807, 2.05) is 30.3 Å². The Morgan fingerprint density at radius 1 is 1.17 bits per heavy atom. The van der Waals surface area contributed by atoms with Gasteiger partial charge in [0.2, 0.25) is 5.88 Å². The van der Waals surface area contributed by atoms with Crippen molar-refractivity contribution in [1.29, 1.82) is 0 Å². The van der Waals surface area contributed by atoms with Crippen molar-refractivity contribution in [1.82, 2.24) is 15.2 Å². The number of carbonyl (C=O) groups is 1. The summed E-state index contributed by atoms with van der Waals surface area (Å²) in [4.78, 5) is 16.7. The Kier molecular flexibility index (Phi) is 5.25. The van der Waals surface area contributed by atoms with Crippen LogP contribution in [0.3, 0.4) is 0 Å². The van der Waals surface area contributed by atoms with Crippen molar-refractivity contribution in [2.75, 3.05) is 12.4 Å². The van der Waals surface area contributed by atoms with Crippen LogP contribution < -0.4 is 14.8 Å². The maximum atomic E-state index is 14.8. The number of nitrogens with zero attached hydrogens (tertiary/aromatic N) is 2. The summed E-state index contributed by atoms with van der Waals surface area (Å²) >= 11 is 0. The lowest BCUT2D eigenvalue weighted by atomic mass is 10.1. The van der Waals surface area contributed by atoms with Gasteiger partial charge in [-0.05, 0) is 23.8 Å². The second-order valence-corrected chi connectivity index (χ2v) is 6.32. The fourth-order valence-electron chi connectivity index (χ4n) is 2.89. The van der Waals surface area contributed by atoms with Gasteiger partial charge in [0, 0.05) is 0 Å². The number of carbonyl (C=O) groups excluding carboxylic acids is 1. The van der Waals surface area contributed by atoms with Gasteiger partial charge in [-0.25, -0.2) is 13.8 Å². The van der Waals surface area contributed by atoms with E-state index in [9.17, 15) is 13.6 Å². The third-order valence-electron chi connectivity index (χ3n) is 4.35. The largest absolute Gasteiger partial charge is 0.486 e. The molecule has 4 rings (SSSR count). The zero-order valence-electron chi connectivity index (χ0n) is 15.8. The Balaban J connectivity index is 1.57. The van der Waals surface area contributed by atoms with Crippen LogP contribution in [0, 0.1) is 11.6 Å². The van der Waals surface area contributed by atoms with Crippen molar-refractivity contribution < 1.29 is 23.0 Å². The molecule has 0 aliphatic carbocycles. The van der Waals surface area contributed by atoms with Gasteiger partial charge in [-0.2, -0.15) is 0 Å². The highest BCUT2D eigenvalue weighted by molar-refractivity contribution is 6.05. The molecule has 0 atom stereocenters. The molecule has 2 aromatic heterocycles. The fraction of sp³-hybridized carbons (Fsp3) is 0.0952. The standard InChI is InChI=1S/C21H16F2N4O3/c1-29-21-14-9-13(10-24-19(14)26-27-21)25-20(28)17-15(22)7-8-16(18(17)23)30-11-12-5-3-2-4-6-12/h2-10H,11H2,1H3,(H,25,28)(H,24,26,27). The quantitative estimate of drug-likeness (QED) is 0.500. The molecule has 2 heterocycles. The second-order valence-electron chi connectivity index (χ2n) is 6.32. The Bertz CT molecular complexity index is 1210. The molecule has 30 heavy (non-hydrogen) atoms. The van der Waals surface area contributed by atoms with E-state index >= 15 is 0 Å². The first-order valence-corrected chi connectivity index (χ1v) is 8.91. The maximum absolute atomic E-state index is 14.8. The van der Waals surface area contributed by atoms with Gasteiger partial charge in [0.05, 0.1) is 24.4 Å². The molecular weight excluding hydrogens is 394 g/mol. The van der Waals surface area contributed by atoms with Gasteiger partial charge in [0.25, 0.3) is 5.91 Å². The number of rotatable bonds is 6. The van der Waals surface area contributed by atoms with Crippen LogP contribution >= 0.6 is 0 Å². The summed E-state index contributed by atoms with van der Waals surface area (Å²) in [5, 5.41) is 9.54. The molecule has 0 fully saturated rings. The van der Waals surface area contributed by atoms with Crippen molar-refractivity contribution in [3.63, 3.8) is 0 Å². The predicted octanol–water partition coefficient (Wildman–Crippen LogP) is 4.08. The highest BCUT2D eigenvalue weighted by Gasteiger charge is 2.22. The number of aromatic nitrogens is 3. The molecule has 2 aromatic carbocycles. The molecule has 0 unspecified atom stereocenters. The number of hydrogen-bond acceptors (Lipinski definition) is 5. The Morgan fingerprint density at radius 2 is 1.97 bits per heavy atom. The minimum Gasteiger partial charge on any atom is -0.486 e. The van der Waals surface area contributed by atoms with Crippen LogP contribution in [0.15, 0.2) is 54.7 Å². The van der Waals surface area contributed by atoms with E-state index in [1.165, 1.54) is 19.4 Å². The number of methoxy groups -OCH3 is 1. The predicted molar refractivity (Wildman–Crippen MR) is 106 cm³/mol. The molecule has 0 saturated carbocycles. The van der Waals surface area contributed by atoms with Crippen LogP contribution in [-0.2, 0) is 6.61 Å². The minimum absolute atomic E-state index is 0.0747. The van der Waals surface area contributed by atoms with E-state index in [-0.39, 0.29) is 23.9 Å². The molecule has 0 saturated heterocycles. The summed E-state index contributed by atoms with van der Waals surface area (Å²) in [5.74, 6) is -3.01. The van der Waals surface area contributed by atoms with Crippen molar-refractivity contribution >= 4 is 22.6 Å². The van der Waals surface area contributed by atoms with Gasteiger partial charge in [-0.3, -0.25) is 9.89 Å². The van der Waals surface area contributed by atoms with Gasteiger partial charge in [-0.15, -0.1) is 5.10 Å². The molecule has 2 N–H and O–H groups in total. The summed E-state index contributed by atoms with van der Waals surface area (Å²) in [6, 6.07) is 12.8. The molecule has 0 aliphatic rings. The normalized spacial score (nSPS) is 10.8. The Hall–Kier alpha value is -4.01. The number of hydrogen-bond donors (Lipinski definition) is 2. The molecule has 7 nitrogen and oxygen atoms in total. The number of H-pyrrole nitrogens is 1. The Labute approximate surface area is 169 Å². The molecule has 0 bridgehead atoms. The molecule has 152 valence electrons. The number of pyridine rings is 1. The van der Waals surface area contributed by atoms with Gasteiger partial charge in [0.1, 0.15) is 18.0 Å². The zero-order valence-corrected chi connectivity index (χ0v) is 15.8. The van der Waals surface area contributed by atoms with E-state index < -0.39 is 23.1 Å². The number of fused-ring (bicyclic) bond motifs is 1. The topological polar surface area (TPSA) is 89.1 Å². The molecule has 0 spiro atoms. The van der Waals surface area contributed by atoms with Crippen LogP contribution in [0.2, 0.25) is 0 Å².